The highest BCUT2D eigenvalue weighted by Crippen LogP contribution is 2.45. The second kappa shape index (κ2) is 6.39. The van der Waals surface area contributed by atoms with Crippen molar-refractivity contribution in [1.82, 2.24) is 0 Å². The SMILES string of the molecule is CC[C@@H](N)c1ccc(N2CCC3(CCCCC3)CC2)cc1. The van der Waals surface area contributed by atoms with E-state index in [0.29, 0.717) is 5.41 Å². The van der Waals surface area contributed by atoms with Crippen molar-refractivity contribution in [2.24, 2.45) is 11.1 Å². The van der Waals surface area contributed by atoms with Crippen LogP contribution in [-0.4, -0.2) is 13.1 Å². The quantitative estimate of drug-likeness (QED) is 0.876. The van der Waals surface area contributed by atoms with E-state index in [-0.39, 0.29) is 6.04 Å². The van der Waals surface area contributed by atoms with Crippen LogP contribution in [0.15, 0.2) is 24.3 Å². The Bertz CT molecular complexity index is 435. The van der Waals surface area contributed by atoms with Gasteiger partial charge in [0.1, 0.15) is 0 Å². The number of anilines is 1. The average Bonchev–Trinajstić information content (AvgIpc) is 2.56. The van der Waals surface area contributed by atoms with Crippen molar-refractivity contribution >= 4 is 5.69 Å². The van der Waals surface area contributed by atoms with Crippen molar-refractivity contribution in [1.29, 1.82) is 0 Å². The molecule has 21 heavy (non-hydrogen) atoms. The molecule has 1 atom stereocenters. The zero-order valence-corrected chi connectivity index (χ0v) is 13.5. The van der Waals surface area contributed by atoms with Crippen molar-refractivity contribution in [2.75, 3.05) is 18.0 Å². The van der Waals surface area contributed by atoms with Crippen molar-refractivity contribution in [3.05, 3.63) is 29.8 Å². The predicted octanol–water partition coefficient (Wildman–Crippen LogP) is 4.65. The lowest BCUT2D eigenvalue weighted by atomic mass is 9.68. The van der Waals surface area contributed by atoms with E-state index in [4.69, 9.17) is 5.73 Å². The second-order valence-corrected chi connectivity index (χ2v) is 7.15. The number of nitrogens with two attached hydrogens (primary N) is 1. The number of hydrogen-bond acceptors (Lipinski definition) is 2. The third-order valence-electron chi connectivity index (χ3n) is 5.86. The summed E-state index contributed by atoms with van der Waals surface area (Å²) in [4.78, 5) is 2.57. The van der Waals surface area contributed by atoms with Crippen LogP contribution in [0.1, 0.15) is 69.9 Å². The molecule has 2 N–H and O–H groups in total. The molecule has 2 aliphatic rings. The summed E-state index contributed by atoms with van der Waals surface area (Å²) in [5.41, 5.74) is 9.44. The highest BCUT2D eigenvalue weighted by molar-refractivity contribution is 5.48. The summed E-state index contributed by atoms with van der Waals surface area (Å²) in [5, 5.41) is 0. The first-order valence-corrected chi connectivity index (χ1v) is 8.83. The fraction of sp³-hybridized carbons (Fsp3) is 0.684. The summed E-state index contributed by atoms with van der Waals surface area (Å²) < 4.78 is 0. The molecule has 0 aromatic heterocycles. The minimum absolute atomic E-state index is 0.186. The molecular weight excluding hydrogens is 256 g/mol. The largest absolute Gasteiger partial charge is 0.371 e. The Morgan fingerprint density at radius 3 is 2.19 bits per heavy atom. The van der Waals surface area contributed by atoms with Gasteiger partial charge in [-0.15, -0.1) is 0 Å². The highest BCUT2D eigenvalue weighted by Gasteiger charge is 2.35. The van der Waals surface area contributed by atoms with Crippen LogP contribution >= 0.6 is 0 Å². The molecule has 0 amide bonds. The molecule has 1 aromatic rings. The fourth-order valence-corrected chi connectivity index (χ4v) is 4.21. The fourth-order valence-electron chi connectivity index (χ4n) is 4.21. The molecule has 1 saturated carbocycles. The molecule has 2 nitrogen and oxygen atoms in total. The summed E-state index contributed by atoms with van der Waals surface area (Å²) in [6.45, 7) is 4.62. The Hall–Kier alpha value is -1.02. The molecule has 1 aliphatic carbocycles. The van der Waals surface area contributed by atoms with Crippen molar-refractivity contribution < 1.29 is 0 Å². The number of piperidine rings is 1. The lowest BCUT2D eigenvalue weighted by Crippen LogP contribution is -2.41. The number of hydrogen-bond donors (Lipinski definition) is 1. The maximum absolute atomic E-state index is 6.10. The molecule has 1 saturated heterocycles. The van der Waals surface area contributed by atoms with Crippen molar-refractivity contribution in [2.45, 2.75) is 64.3 Å². The van der Waals surface area contributed by atoms with Gasteiger partial charge in [0.05, 0.1) is 0 Å². The maximum atomic E-state index is 6.10. The Labute approximate surface area is 129 Å². The Kier molecular flexibility index (Phi) is 4.54. The molecule has 116 valence electrons. The molecule has 1 aromatic carbocycles. The van der Waals surface area contributed by atoms with Gasteiger partial charge in [-0.05, 0) is 55.2 Å². The van der Waals surface area contributed by atoms with Gasteiger partial charge < -0.3 is 10.6 Å². The first-order valence-electron chi connectivity index (χ1n) is 8.83. The van der Waals surface area contributed by atoms with Crippen LogP contribution in [0.5, 0.6) is 0 Å². The van der Waals surface area contributed by atoms with E-state index < -0.39 is 0 Å². The molecule has 2 fully saturated rings. The van der Waals surface area contributed by atoms with Crippen molar-refractivity contribution in [3.63, 3.8) is 0 Å². The summed E-state index contributed by atoms with van der Waals surface area (Å²) in [7, 11) is 0. The molecule has 3 rings (SSSR count). The monoisotopic (exact) mass is 286 g/mol. The molecule has 1 heterocycles. The molecular formula is C19H30N2. The van der Waals surface area contributed by atoms with Crippen LogP contribution < -0.4 is 10.6 Å². The minimum atomic E-state index is 0.186. The van der Waals surface area contributed by atoms with E-state index in [2.05, 4.69) is 36.1 Å². The Morgan fingerprint density at radius 2 is 1.62 bits per heavy atom. The molecule has 0 bridgehead atoms. The van der Waals surface area contributed by atoms with E-state index in [1.165, 1.54) is 69.3 Å². The number of benzene rings is 1. The van der Waals surface area contributed by atoms with Gasteiger partial charge >= 0.3 is 0 Å². The van der Waals surface area contributed by atoms with E-state index in [9.17, 15) is 0 Å². The molecule has 0 unspecified atom stereocenters. The normalized spacial score (nSPS) is 23.2. The summed E-state index contributed by atoms with van der Waals surface area (Å²) in [5.74, 6) is 0. The molecule has 0 radical (unpaired) electrons. The lowest BCUT2D eigenvalue weighted by Gasteiger charge is -2.45. The second-order valence-electron chi connectivity index (χ2n) is 7.15. The van der Waals surface area contributed by atoms with Crippen LogP contribution in [0.2, 0.25) is 0 Å². The first kappa shape index (κ1) is 14.9. The van der Waals surface area contributed by atoms with Crippen LogP contribution in [0.3, 0.4) is 0 Å². The zero-order valence-electron chi connectivity index (χ0n) is 13.5. The van der Waals surface area contributed by atoms with Crippen molar-refractivity contribution in [3.8, 4) is 0 Å². The zero-order chi connectivity index (χ0) is 14.7. The summed E-state index contributed by atoms with van der Waals surface area (Å²) in [6.07, 6.45) is 11.1. The average molecular weight is 286 g/mol. The van der Waals surface area contributed by atoms with Gasteiger partial charge in [0.15, 0.2) is 0 Å². The predicted molar refractivity (Wildman–Crippen MR) is 90.6 cm³/mol. The maximum Gasteiger partial charge on any atom is 0.0366 e. The molecule has 2 heteroatoms. The minimum Gasteiger partial charge on any atom is -0.371 e. The van der Waals surface area contributed by atoms with Gasteiger partial charge in [0, 0.05) is 24.8 Å². The summed E-state index contributed by atoms with van der Waals surface area (Å²) in [6, 6.07) is 9.15. The van der Waals surface area contributed by atoms with Gasteiger partial charge in [-0.1, -0.05) is 38.3 Å². The van der Waals surface area contributed by atoms with E-state index in [1.807, 2.05) is 0 Å². The topological polar surface area (TPSA) is 29.3 Å². The highest BCUT2D eigenvalue weighted by atomic mass is 15.1. The van der Waals surface area contributed by atoms with Crippen LogP contribution in [0, 0.1) is 5.41 Å². The molecule has 1 spiro atoms. The summed E-state index contributed by atoms with van der Waals surface area (Å²) >= 11 is 0. The van der Waals surface area contributed by atoms with Gasteiger partial charge in [0.2, 0.25) is 0 Å². The third-order valence-corrected chi connectivity index (χ3v) is 5.86. The standard InChI is InChI=1S/C19H30N2/c1-2-18(20)16-6-8-17(9-7-16)21-14-12-19(13-15-21)10-4-3-5-11-19/h6-9,18H,2-5,10-15,20H2,1H3/t18-/m1/s1. The van der Waals surface area contributed by atoms with Crippen LogP contribution in [-0.2, 0) is 0 Å². The molecule has 1 aliphatic heterocycles. The smallest absolute Gasteiger partial charge is 0.0366 e. The van der Waals surface area contributed by atoms with Gasteiger partial charge in [-0.3, -0.25) is 0 Å². The van der Waals surface area contributed by atoms with E-state index >= 15 is 0 Å². The Morgan fingerprint density at radius 1 is 1.00 bits per heavy atom. The Balaban J connectivity index is 1.61. The van der Waals surface area contributed by atoms with E-state index in [0.717, 1.165) is 6.42 Å². The lowest BCUT2D eigenvalue weighted by molar-refractivity contribution is 0.144. The first-order chi connectivity index (χ1) is 10.2. The van der Waals surface area contributed by atoms with Gasteiger partial charge in [-0.2, -0.15) is 0 Å². The van der Waals surface area contributed by atoms with Crippen LogP contribution in [0.4, 0.5) is 5.69 Å². The van der Waals surface area contributed by atoms with Gasteiger partial charge in [0.25, 0.3) is 0 Å². The van der Waals surface area contributed by atoms with Crippen LogP contribution in [0.25, 0.3) is 0 Å². The third kappa shape index (κ3) is 3.26. The van der Waals surface area contributed by atoms with Gasteiger partial charge in [-0.25, -0.2) is 0 Å². The number of rotatable bonds is 3. The van der Waals surface area contributed by atoms with E-state index in [1.54, 1.807) is 0 Å². The number of nitrogens with zero attached hydrogens (tertiary/aromatic N) is 1.